The summed E-state index contributed by atoms with van der Waals surface area (Å²) < 4.78 is 27.4. The molecule has 2 aromatic rings. The van der Waals surface area contributed by atoms with Gasteiger partial charge in [0.2, 0.25) is 5.91 Å². The first-order valence-corrected chi connectivity index (χ1v) is 11.7. The minimum absolute atomic E-state index is 0.00241. The van der Waals surface area contributed by atoms with E-state index in [1.807, 2.05) is 0 Å². The van der Waals surface area contributed by atoms with Crippen molar-refractivity contribution >= 4 is 11.9 Å². The Morgan fingerprint density at radius 2 is 1.82 bits per heavy atom. The summed E-state index contributed by atoms with van der Waals surface area (Å²) in [6, 6.07) is 8.76. The molecule has 0 radical (unpaired) electrons. The number of nitrogens with one attached hydrogen (secondary N) is 2. The van der Waals surface area contributed by atoms with Crippen LogP contribution in [0.3, 0.4) is 0 Å². The van der Waals surface area contributed by atoms with E-state index in [1.54, 1.807) is 0 Å². The molecular formula is C26H32F2N2O4. The number of aliphatic hydroxyl groups excluding tert-OH is 1. The predicted octanol–water partition coefficient (Wildman–Crippen LogP) is 3.45. The van der Waals surface area contributed by atoms with Gasteiger partial charge >= 0.3 is 5.97 Å². The number of carbonyl (C=O) groups excluding carboxylic acids is 1. The van der Waals surface area contributed by atoms with Crippen LogP contribution in [0.4, 0.5) is 8.78 Å². The van der Waals surface area contributed by atoms with Crippen molar-refractivity contribution in [2.24, 2.45) is 0 Å². The Kier molecular flexibility index (Phi) is 9.12. The molecule has 0 fully saturated rings. The second-order valence-corrected chi connectivity index (χ2v) is 8.86. The van der Waals surface area contributed by atoms with Crippen molar-refractivity contribution in [2.45, 2.75) is 70.1 Å². The van der Waals surface area contributed by atoms with E-state index in [2.05, 4.69) is 35.8 Å². The molecule has 3 atom stereocenters. The van der Waals surface area contributed by atoms with Crippen LogP contribution in [0.15, 0.2) is 36.4 Å². The van der Waals surface area contributed by atoms with Gasteiger partial charge in [-0.3, -0.25) is 9.59 Å². The van der Waals surface area contributed by atoms with Crippen LogP contribution in [0.25, 0.3) is 0 Å². The smallest absolute Gasteiger partial charge is 0.303 e. The van der Waals surface area contributed by atoms with Gasteiger partial charge in [-0.25, -0.2) is 8.78 Å². The van der Waals surface area contributed by atoms with Gasteiger partial charge in [0.05, 0.1) is 18.6 Å². The first-order chi connectivity index (χ1) is 16.2. The molecule has 0 aromatic heterocycles. The molecule has 3 rings (SSSR count). The number of aliphatic hydroxyl groups is 1. The molecule has 8 heteroatoms. The molecule has 2 aromatic carbocycles. The molecule has 34 heavy (non-hydrogen) atoms. The number of fused-ring (bicyclic) bond motifs is 1. The number of hydrogen-bond acceptors (Lipinski definition) is 4. The molecule has 0 saturated carbocycles. The van der Waals surface area contributed by atoms with E-state index < -0.39 is 35.7 Å². The maximum Gasteiger partial charge on any atom is 0.303 e. The molecule has 1 amide bonds. The largest absolute Gasteiger partial charge is 0.481 e. The summed E-state index contributed by atoms with van der Waals surface area (Å²) in [7, 11) is 0. The number of rotatable bonds is 11. The molecule has 0 unspecified atom stereocenters. The van der Waals surface area contributed by atoms with Crippen LogP contribution in [0.2, 0.25) is 0 Å². The van der Waals surface area contributed by atoms with Gasteiger partial charge in [0.1, 0.15) is 11.6 Å². The molecule has 1 aliphatic rings. The van der Waals surface area contributed by atoms with Gasteiger partial charge in [-0.1, -0.05) is 25.1 Å². The standard InChI is InChI=1S/C26H32F2N2O4/c1-2-16-6-7-18-4-3-5-22(21(18)12-16)29-15-24(31)23(30-25(32)8-9-26(33)34)13-17-10-19(27)14-20(28)11-17/h6-7,10-12,14,22-24,29,31H,2-5,8-9,13,15H2,1H3,(H,30,32)(H,33,34)/t22-,23-,24+/m0/s1. The SMILES string of the molecule is CCc1ccc2c(c1)[C@@H](NC[C@@H](O)[C@H](Cc1cc(F)cc(F)c1)NC(=O)CCC(=O)O)CCC2. The van der Waals surface area contributed by atoms with Crippen molar-refractivity contribution < 1.29 is 28.6 Å². The van der Waals surface area contributed by atoms with Gasteiger partial charge in [0, 0.05) is 25.1 Å². The lowest BCUT2D eigenvalue weighted by Crippen LogP contribution is -2.49. The van der Waals surface area contributed by atoms with Gasteiger partial charge in [0.15, 0.2) is 0 Å². The van der Waals surface area contributed by atoms with Crippen molar-refractivity contribution in [1.29, 1.82) is 0 Å². The maximum absolute atomic E-state index is 13.7. The van der Waals surface area contributed by atoms with E-state index in [1.165, 1.54) is 16.7 Å². The monoisotopic (exact) mass is 474 g/mol. The quantitative estimate of drug-likeness (QED) is 0.400. The Balaban J connectivity index is 1.71. The Morgan fingerprint density at radius 3 is 2.50 bits per heavy atom. The molecule has 0 saturated heterocycles. The lowest BCUT2D eigenvalue weighted by atomic mass is 9.86. The lowest BCUT2D eigenvalue weighted by molar-refractivity contribution is -0.139. The third-order valence-electron chi connectivity index (χ3n) is 6.26. The Bertz CT molecular complexity index is 994. The third kappa shape index (κ3) is 7.33. The minimum Gasteiger partial charge on any atom is -0.481 e. The van der Waals surface area contributed by atoms with E-state index in [4.69, 9.17) is 5.11 Å². The number of benzene rings is 2. The molecule has 0 aliphatic heterocycles. The van der Waals surface area contributed by atoms with Gasteiger partial charge in [-0.2, -0.15) is 0 Å². The molecule has 1 aliphatic carbocycles. The normalized spacial score (nSPS) is 17.0. The zero-order chi connectivity index (χ0) is 24.7. The second kappa shape index (κ2) is 12.0. The van der Waals surface area contributed by atoms with Crippen LogP contribution < -0.4 is 10.6 Å². The maximum atomic E-state index is 13.7. The number of aliphatic carboxylic acids is 1. The fourth-order valence-electron chi connectivity index (χ4n) is 4.45. The summed E-state index contributed by atoms with van der Waals surface area (Å²) in [4.78, 5) is 23.1. The van der Waals surface area contributed by atoms with Gasteiger partial charge in [0.25, 0.3) is 0 Å². The van der Waals surface area contributed by atoms with Crippen LogP contribution >= 0.6 is 0 Å². The predicted molar refractivity (Wildman–Crippen MR) is 124 cm³/mol. The number of halogens is 2. The van der Waals surface area contributed by atoms with E-state index in [0.29, 0.717) is 0 Å². The second-order valence-electron chi connectivity index (χ2n) is 8.86. The first-order valence-electron chi connectivity index (χ1n) is 11.7. The minimum atomic E-state index is -1.11. The lowest BCUT2D eigenvalue weighted by Gasteiger charge is -2.30. The molecule has 0 bridgehead atoms. The molecule has 6 nitrogen and oxygen atoms in total. The summed E-state index contributed by atoms with van der Waals surface area (Å²) in [6.07, 6.45) is 2.21. The Hall–Kier alpha value is -2.84. The van der Waals surface area contributed by atoms with E-state index in [0.717, 1.165) is 43.9 Å². The van der Waals surface area contributed by atoms with Crippen molar-refractivity contribution in [3.63, 3.8) is 0 Å². The topological polar surface area (TPSA) is 98.7 Å². The molecule has 0 heterocycles. The van der Waals surface area contributed by atoms with Crippen LogP contribution in [0.5, 0.6) is 0 Å². The average Bonchev–Trinajstić information content (AvgIpc) is 2.79. The van der Waals surface area contributed by atoms with Crippen molar-refractivity contribution in [3.8, 4) is 0 Å². The van der Waals surface area contributed by atoms with E-state index in [9.17, 15) is 23.5 Å². The van der Waals surface area contributed by atoms with Crippen LogP contribution in [0.1, 0.15) is 60.9 Å². The molecule has 0 spiro atoms. The highest BCUT2D eigenvalue weighted by Gasteiger charge is 2.26. The Morgan fingerprint density at radius 1 is 1.09 bits per heavy atom. The summed E-state index contributed by atoms with van der Waals surface area (Å²) >= 11 is 0. The third-order valence-corrected chi connectivity index (χ3v) is 6.26. The first kappa shape index (κ1) is 25.8. The average molecular weight is 475 g/mol. The van der Waals surface area contributed by atoms with Crippen LogP contribution in [-0.2, 0) is 28.9 Å². The number of carboxylic acids is 1. The highest BCUT2D eigenvalue weighted by atomic mass is 19.1. The summed E-state index contributed by atoms with van der Waals surface area (Å²) in [5.41, 5.74) is 4.02. The number of amides is 1. The molecule has 4 N–H and O–H groups in total. The highest BCUT2D eigenvalue weighted by Crippen LogP contribution is 2.30. The van der Waals surface area contributed by atoms with Crippen molar-refractivity contribution in [2.75, 3.05) is 6.54 Å². The fourth-order valence-corrected chi connectivity index (χ4v) is 4.45. The number of carboxylic acid groups (broad SMARTS) is 1. The van der Waals surface area contributed by atoms with Gasteiger partial charge < -0.3 is 20.8 Å². The summed E-state index contributed by atoms with van der Waals surface area (Å²) in [6.45, 7) is 2.26. The van der Waals surface area contributed by atoms with Gasteiger partial charge in [-0.05, 0) is 66.5 Å². The fraction of sp³-hybridized carbons (Fsp3) is 0.462. The van der Waals surface area contributed by atoms with Crippen LogP contribution in [0, 0.1) is 11.6 Å². The number of aryl methyl sites for hydroxylation is 2. The number of hydrogen-bond donors (Lipinski definition) is 4. The summed E-state index contributed by atoms with van der Waals surface area (Å²) in [5.74, 6) is -3.14. The van der Waals surface area contributed by atoms with E-state index >= 15 is 0 Å². The van der Waals surface area contributed by atoms with E-state index in [-0.39, 0.29) is 37.4 Å². The zero-order valence-electron chi connectivity index (χ0n) is 19.3. The highest BCUT2D eigenvalue weighted by molar-refractivity contribution is 5.80. The molecule has 184 valence electrons. The van der Waals surface area contributed by atoms with Crippen molar-refractivity contribution in [1.82, 2.24) is 10.6 Å². The number of carbonyl (C=O) groups is 2. The molecular weight excluding hydrogens is 442 g/mol. The Labute approximate surface area is 198 Å². The van der Waals surface area contributed by atoms with Crippen molar-refractivity contribution in [3.05, 3.63) is 70.3 Å². The zero-order valence-corrected chi connectivity index (χ0v) is 19.3. The van der Waals surface area contributed by atoms with Crippen LogP contribution in [-0.4, -0.2) is 40.8 Å². The van der Waals surface area contributed by atoms with Gasteiger partial charge in [-0.15, -0.1) is 0 Å². The summed E-state index contributed by atoms with van der Waals surface area (Å²) in [5, 5.41) is 25.8.